The number of ether oxygens (including phenoxy) is 2. The third-order valence-electron chi connectivity index (χ3n) is 3.70. The van der Waals surface area contributed by atoms with E-state index in [9.17, 15) is 19.8 Å². The molecule has 0 unspecified atom stereocenters. The van der Waals surface area contributed by atoms with Crippen LogP contribution >= 0.6 is 0 Å². The van der Waals surface area contributed by atoms with E-state index in [1.165, 1.54) is 50.7 Å². The van der Waals surface area contributed by atoms with E-state index in [-0.39, 0.29) is 23.7 Å². The van der Waals surface area contributed by atoms with Crippen molar-refractivity contribution in [2.45, 2.75) is 6.42 Å². The fraction of sp³-hybridized carbons (Fsp3) is 0.143. The summed E-state index contributed by atoms with van der Waals surface area (Å²) in [6.07, 6.45) is 5.17. The van der Waals surface area contributed by atoms with Gasteiger partial charge in [0.2, 0.25) is 0 Å². The molecular formula is C21H20O6. The molecule has 6 nitrogen and oxygen atoms in total. The maximum absolute atomic E-state index is 11.9. The van der Waals surface area contributed by atoms with Crippen molar-refractivity contribution in [1.82, 2.24) is 0 Å². The lowest BCUT2D eigenvalue weighted by atomic mass is 10.1. The minimum atomic E-state index is -0.391. The second kappa shape index (κ2) is 9.24. The Bertz CT molecular complexity index is 896. The third-order valence-corrected chi connectivity index (χ3v) is 3.70. The first-order chi connectivity index (χ1) is 12.9. The summed E-state index contributed by atoms with van der Waals surface area (Å²) in [5.74, 6) is 0.00661. The highest BCUT2D eigenvalue weighted by molar-refractivity contribution is 6.11. The molecule has 0 saturated carbocycles. The van der Waals surface area contributed by atoms with Crippen molar-refractivity contribution in [1.29, 1.82) is 0 Å². The molecule has 2 rings (SSSR count). The van der Waals surface area contributed by atoms with Gasteiger partial charge in [-0.1, -0.05) is 12.1 Å². The summed E-state index contributed by atoms with van der Waals surface area (Å²) >= 11 is 0. The molecule has 0 spiro atoms. The van der Waals surface area contributed by atoms with Crippen LogP contribution in [-0.4, -0.2) is 36.0 Å². The molecule has 140 valence electrons. The van der Waals surface area contributed by atoms with Crippen molar-refractivity contribution >= 4 is 23.7 Å². The average molecular weight is 368 g/mol. The van der Waals surface area contributed by atoms with Crippen LogP contribution in [0.4, 0.5) is 0 Å². The molecule has 0 atom stereocenters. The molecule has 0 aliphatic heterocycles. The van der Waals surface area contributed by atoms with Crippen LogP contribution < -0.4 is 9.47 Å². The van der Waals surface area contributed by atoms with E-state index < -0.39 is 5.78 Å². The van der Waals surface area contributed by atoms with Crippen LogP contribution in [-0.2, 0) is 9.59 Å². The van der Waals surface area contributed by atoms with Gasteiger partial charge in [0, 0.05) is 11.6 Å². The molecule has 0 heterocycles. The van der Waals surface area contributed by atoms with Gasteiger partial charge in [-0.05, 0) is 48.1 Å². The standard InChI is InChI=1S/C21H20O6/c1-26-18-9-6-15(19(24)13-18)5-8-17(23)12-16(22)7-3-14-4-10-21(27-2)20(25)11-14/h3-11,13,24-25H,12H2,1-2H3. The van der Waals surface area contributed by atoms with Crippen LogP contribution in [0.3, 0.4) is 0 Å². The monoisotopic (exact) mass is 368 g/mol. The molecule has 0 amide bonds. The van der Waals surface area contributed by atoms with Crippen molar-refractivity contribution in [3.63, 3.8) is 0 Å². The quantitative estimate of drug-likeness (QED) is 0.548. The summed E-state index contributed by atoms with van der Waals surface area (Å²) in [7, 11) is 2.93. The fourth-order valence-corrected chi connectivity index (χ4v) is 2.26. The Hall–Kier alpha value is -3.54. The summed E-state index contributed by atoms with van der Waals surface area (Å²) < 4.78 is 9.93. The first-order valence-corrected chi connectivity index (χ1v) is 8.08. The van der Waals surface area contributed by atoms with Crippen molar-refractivity contribution in [2.24, 2.45) is 0 Å². The Labute approximate surface area is 157 Å². The predicted octanol–water partition coefficient (Wildman–Crippen LogP) is 3.37. The molecule has 6 heteroatoms. The lowest BCUT2D eigenvalue weighted by molar-refractivity contribution is -0.121. The van der Waals surface area contributed by atoms with Crippen molar-refractivity contribution < 1.29 is 29.3 Å². The lowest BCUT2D eigenvalue weighted by Crippen LogP contribution is -2.01. The number of phenols is 2. The molecule has 0 saturated heterocycles. The van der Waals surface area contributed by atoms with Gasteiger partial charge in [0.15, 0.2) is 23.1 Å². The lowest BCUT2D eigenvalue weighted by Gasteiger charge is -2.03. The highest BCUT2D eigenvalue weighted by atomic mass is 16.5. The van der Waals surface area contributed by atoms with Gasteiger partial charge in [-0.2, -0.15) is 0 Å². The number of phenolic OH excluding ortho intramolecular Hbond substituents is 2. The number of ketones is 2. The predicted molar refractivity (Wildman–Crippen MR) is 102 cm³/mol. The number of carbonyl (C=O) groups excluding carboxylic acids is 2. The molecule has 0 fully saturated rings. The van der Waals surface area contributed by atoms with Crippen LogP contribution in [0, 0.1) is 0 Å². The zero-order chi connectivity index (χ0) is 19.8. The molecular weight excluding hydrogens is 348 g/mol. The molecule has 2 aromatic rings. The van der Waals surface area contributed by atoms with Crippen LogP contribution in [0.15, 0.2) is 48.6 Å². The summed E-state index contributed by atoms with van der Waals surface area (Å²) in [6.45, 7) is 0. The van der Waals surface area contributed by atoms with E-state index in [0.29, 0.717) is 22.6 Å². The highest BCUT2D eigenvalue weighted by Crippen LogP contribution is 2.27. The van der Waals surface area contributed by atoms with Crippen LogP contribution in [0.5, 0.6) is 23.0 Å². The first kappa shape index (κ1) is 19.8. The Kier molecular flexibility index (Phi) is 6.77. The minimum Gasteiger partial charge on any atom is -0.507 e. The molecule has 2 N–H and O–H groups in total. The Morgan fingerprint density at radius 1 is 0.889 bits per heavy atom. The van der Waals surface area contributed by atoms with Crippen LogP contribution in [0.2, 0.25) is 0 Å². The van der Waals surface area contributed by atoms with E-state index in [4.69, 9.17) is 9.47 Å². The molecule has 2 aromatic carbocycles. The van der Waals surface area contributed by atoms with Gasteiger partial charge >= 0.3 is 0 Å². The van der Waals surface area contributed by atoms with Gasteiger partial charge < -0.3 is 19.7 Å². The summed E-state index contributed by atoms with van der Waals surface area (Å²) in [6, 6.07) is 9.40. The smallest absolute Gasteiger partial charge is 0.163 e. The van der Waals surface area contributed by atoms with Crippen molar-refractivity contribution in [3.8, 4) is 23.0 Å². The van der Waals surface area contributed by atoms with Gasteiger partial charge in [-0.15, -0.1) is 0 Å². The Morgan fingerprint density at radius 3 is 2.19 bits per heavy atom. The van der Waals surface area contributed by atoms with Crippen molar-refractivity contribution in [3.05, 3.63) is 59.7 Å². The topological polar surface area (TPSA) is 93.1 Å². The second-order valence-electron chi connectivity index (χ2n) is 5.63. The molecule has 0 bridgehead atoms. The maximum Gasteiger partial charge on any atom is 0.163 e. The number of hydrogen-bond donors (Lipinski definition) is 2. The zero-order valence-corrected chi connectivity index (χ0v) is 15.0. The number of carbonyl (C=O) groups is 2. The highest BCUT2D eigenvalue weighted by Gasteiger charge is 2.06. The molecule has 0 radical (unpaired) electrons. The minimum absolute atomic E-state index is 0.0241. The Morgan fingerprint density at radius 2 is 1.59 bits per heavy atom. The van der Waals surface area contributed by atoms with Crippen molar-refractivity contribution in [2.75, 3.05) is 14.2 Å². The van der Waals surface area contributed by atoms with E-state index in [1.54, 1.807) is 24.3 Å². The van der Waals surface area contributed by atoms with Crippen LogP contribution in [0.1, 0.15) is 17.5 Å². The molecule has 0 aliphatic rings. The average Bonchev–Trinajstić information content (AvgIpc) is 2.65. The van der Waals surface area contributed by atoms with Crippen LogP contribution in [0.25, 0.3) is 12.2 Å². The van der Waals surface area contributed by atoms with Gasteiger partial charge in [0.05, 0.1) is 20.6 Å². The first-order valence-electron chi connectivity index (χ1n) is 8.08. The molecule has 27 heavy (non-hydrogen) atoms. The van der Waals surface area contributed by atoms with E-state index in [2.05, 4.69) is 0 Å². The number of rotatable bonds is 8. The van der Waals surface area contributed by atoms with Gasteiger partial charge in [-0.3, -0.25) is 9.59 Å². The normalized spacial score (nSPS) is 11.0. The van der Waals surface area contributed by atoms with Gasteiger partial charge in [0.25, 0.3) is 0 Å². The largest absolute Gasteiger partial charge is 0.507 e. The number of hydrogen-bond acceptors (Lipinski definition) is 6. The third kappa shape index (κ3) is 5.74. The number of methoxy groups -OCH3 is 2. The SMILES string of the molecule is COc1ccc(C=CC(=O)CC(=O)C=Cc2ccc(OC)c(O)c2)c(O)c1. The number of benzene rings is 2. The number of aromatic hydroxyl groups is 2. The van der Waals surface area contributed by atoms with E-state index in [0.717, 1.165) is 0 Å². The molecule has 0 aromatic heterocycles. The summed E-state index contributed by atoms with van der Waals surface area (Å²) in [5.41, 5.74) is 1.05. The Balaban J connectivity index is 1.95. The number of allylic oxidation sites excluding steroid dienone is 2. The fourth-order valence-electron chi connectivity index (χ4n) is 2.26. The van der Waals surface area contributed by atoms with Gasteiger partial charge in [0.1, 0.15) is 11.5 Å². The summed E-state index contributed by atoms with van der Waals surface area (Å²) in [4.78, 5) is 23.8. The molecule has 0 aliphatic carbocycles. The van der Waals surface area contributed by atoms with E-state index in [1.807, 2.05) is 0 Å². The second-order valence-corrected chi connectivity index (χ2v) is 5.63. The van der Waals surface area contributed by atoms with Gasteiger partial charge in [-0.25, -0.2) is 0 Å². The summed E-state index contributed by atoms with van der Waals surface area (Å²) in [5, 5.41) is 19.5. The van der Waals surface area contributed by atoms with E-state index >= 15 is 0 Å². The maximum atomic E-state index is 11.9. The zero-order valence-electron chi connectivity index (χ0n) is 15.0.